The van der Waals surface area contributed by atoms with E-state index in [2.05, 4.69) is 15.5 Å². The summed E-state index contributed by atoms with van der Waals surface area (Å²) in [5.41, 5.74) is 1.57. The van der Waals surface area contributed by atoms with Crippen molar-refractivity contribution in [3.8, 4) is 10.7 Å². The Labute approximate surface area is 190 Å². The first kappa shape index (κ1) is 22.2. The minimum atomic E-state index is -0.0997. The van der Waals surface area contributed by atoms with E-state index in [4.69, 9.17) is 9.26 Å². The van der Waals surface area contributed by atoms with E-state index in [9.17, 15) is 9.59 Å². The molecule has 1 aromatic carbocycles. The Kier molecular flexibility index (Phi) is 6.96. The number of hydrogen-bond acceptors (Lipinski definition) is 7. The van der Waals surface area contributed by atoms with Crippen LogP contribution < -0.4 is 5.32 Å². The molecular formula is C23H26N4O4S. The van der Waals surface area contributed by atoms with E-state index < -0.39 is 0 Å². The monoisotopic (exact) mass is 454 g/mol. The van der Waals surface area contributed by atoms with Gasteiger partial charge in [-0.25, -0.2) is 0 Å². The summed E-state index contributed by atoms with van der Waals surface area (Å²) in [6.07, 6.45) is 0.711. The molecule has 0 radical (unpaired) electrons. The molecule has 0 bridgehead atoms. The van der Waals surface area contributed by atoms with E-state index in [0.717, 1.165) is 10.4 Å². The summed E-state index contributed by atoms with van der Waals surface area (Å²) in [6, 6.07) is 11.2. The summed E-state index contributed by atoms with van der Waals surface area (Å²) in [7, 11) is 0. The molecule has 1 aliphatic rings. The molecule has 1 N–H and O–H groups in total. The quantitative estimate of drug-likeness (QED) is 0.588. The lowest BCUT2D eigenvalue weighted by molar-refractivity contribution is -0.121. The van der Waals surface area contributed by atoms with Crippen LogP contribution in [-0.2, 0) is 22.5 Å². The van der Waals surface area contributed by atoms with Gasteiger partial charge in [-0.05, 0) is 43.0 Å². The number of nitrogens with zero attached hydrogens (tertiary/aromatic N) is 3. The fourth-order valence-electron chi connectivity index (χ4n) is 3.66. The van der Waals surface area contributed by atoms with Crippen LogP contribution >= 0.6 is 11.3 Å². The fraction of sp³-hybridized carbons (Fsp3) is 0.391. The van der Waals surface area contributed by atoms with Gasteiger partial charge in [0.2, 0.25) is 17.6 Å². The van der Waals surface area contributed by atoms with Crippen molar-refractivity contribution in [2.45, 2.75) is 45.4 Å². The van der Waals surface area contributed by atoms with E-state index in [1.165, 1.54) is 11.3 Å². The predicted octanol–water partition coefficient (Wildman–Crippen LogP) is 3.30. The summed E-state index contributed by atoms with van der Waals surface area (Å²) in [6.45, 7) is 5.53. The summed E-state index contributed by atoms with van der Waals surface area (Å²) in [5, 5.41) is 8.79. The SMILES string of the molecule is CC1CN(C(=O)c2ccc(CNC(=O)CCc3nc(-c4cccs4)no3)cc2)CC(C)O1. The molecule has 9 heteroatoms. The average molecular weight is 455 g/mol. The fourth-order valence-corrected chi connectivity index (χ4v) is 4.31. The lowest BCUT2D eigenvalue weighted by Gasteiger charge is -2.35. The Balaban J connectivity index is 1.23. The zero-order valence-electron chi connectivity index (χ0n) is 18.1. The molecule has 2 atom stereocenters. The summed E-state index contributed by atoms with van der Waals surface area (Å²) in [4.78, 5) is 32.0. The molecule has 1 saturated heterocycles. The molecule has 0 spiro atoms. The van der Waals surface area contributed by atoms with Crippen LogP contribution in [0.4, 0.5) is 0 Å². The number of amides is 2. The molecule has 8 nitrogen and oxygen atoms in total. The first-order valence-corrected chi connectivity index (χ1v) is 11.5. The van der Waals surface area contributed by atoms with Gasteiger partial charge in [0.1, 0.15) is 0 Å². The van der Waals surface area contributed by atoms with Gasteiger partial charge in [-0.1, -0.05) is 23.4 Å². The second kappa shape index (κ2) is 10.1. The zero-order chi connectivity index (χ0) is 22.5. The van der Waals surface area contributed by atoms with Crippen molar-refractivity contribution in [3.63, 3.8) is 0 Å². The van der Waals surface area contributed by atoms with Crippen molar-refractivity contribution < 1.29 is 18.8 Å². The minimum absolute atomic E-state index is 0.00376. The Morgan fingerprint density at radius 2 is 1.91 bits per heavy atom. The minimum Gasteiger partial charge on any atom is -0.372 e. The van der Waals surface area contributed by atoms with Gasteiger partial charge < -0.3 is 19.5 Å². The van der Waals surface area contributed by atoms with Gasteiger partial charge >= 0.3 is 0 Å². The highest BCUT2D eigenvalue weighted by Gasteiger charge is 2.26. The standard InChI is InChI=1S/C23H26N4O4S/c1-15-13-27(14-16(2)30-15)23(29)18-7-5-17(6-8-18)12-24-20(28)9-10-21-25-22(26-31-21)19-4-3-11-32-19/h3-8,11,15-16H,9-10,12-14H2,1-2H3,(H,24,28). The van der Waals surface area contributed by atoms with Gasteiger partial charge in [-0.15, -0.1) is 11.3 Å². The maximum Gasteiger partial charge on any atom is 0.254 e. The lowest BCUT2D eigenvalue weighted by Crippen LogP contribution is -2.48. The first-order chi connectivity index (χ1) is 15.5. The number of morpholine rings is 1. The molecule has 4 rings (SSSR count). The van der Waals surface area contributed by atoms with E-state index in [1.807, 2.05) is 48.4 Å². The van der Waals surface area contributed by atoms with Crippen LogP contribution in [0.5, 0.6) is 0 Å². The van der Waals surface area contributed by atoms with Crippen molar-refractivity contribution in [2.24, 2.45) is 0 Å². The normalized spacial score (nSPS) is 18.5. The Bertz CT molecular complexity index is 1040. The molecule has 3 aromatic rings. The highest BCUT2D eigenvalue weighted by atomic mass is 32.1. The van der Waals surface area contributed by atoms with Crippen molar-refractivity contribution in [1.29, 1.82) is 0 Å². The first-order valence-electron chi connectivity index (χ1n) is 10.6. The number of carbonyl (C=O) groups excluding carboxylic acids is 2. The van der Waals surface area contributed by atoms with E-state index in [1.54, 1.807) is 12.1 Å². The predicted molar refractivity (Wildman–Crippen MR) is 120 cm³/mol. The summed E-state index contributed by atoms with van der Waals surface area (Å²) in [5.74, 6) is 0.894. The van der Waals surface area contributed by atoms with Crippen LogP contribution in [0.2, 0.25) is 0 Å². The molecule has 2 aromatic heterocycles. The van der Waals surface area contributed by atoms with Crippen LogP contribution in [0.25, 0.3) is 10.7 Å². The largest absolute Gasteiger partial charge is 0.372 e. The summed E-state index contributed by atoms with van der Waals surface area (Å²) < 4.78 is 10.9. The van der Waals surface area contributed by atoms with Crippen molar-refractivity contribution in [1.82, 2.24) is 20.4 Å². The molecular weight excluding hydrogens is 428 g/mol. The third kappa shape index (κ3) is 5.60. The van der Waals surface area contributed by atoms with Gasteiger partial charge in [-0.2, -0.15) is 4.98 Å². The molecule has 2 amide bonds. The van der Waals surface area contributed by atoms with Gasteiger partial charge in [-0.3, -0.25) is 9.59 Å². The zero-order valence-corrected chi connectivity index (χ0v) is 18.9. The highest BCUT2D eigenvalue weighted by molar-refractivity contribution is 7.13. The van der Waals surface area contributed by atoms with Crippen molar-refractivity contribution in [3.05, 3.63) is 58.8 Å². The number of aryl methyl sites for hydroxylation is 1. The number of hydrogen-bond donors (Lipinski definition) is 1. The second-order valence-corrected chi connectivity index (χ2v) is 8.88. The maximum absolute atomic E-state index is 12.7. The van der Waals surface area contributed by atoms with Crippen LogP contribution in [0.1, 0.15) is 42.1 Å². The maximum atomic E-state index is 12.7. The third-order valence-electron chi connectivity index (χ3n) is 5.17. The number of thiophene rings is 1. The van der Waals surface area contributed by atoms with Crippen LogP contribution in [0.3, 0.4) is 0 Å². The topological polar surface area (TPSA) is 97.6 Å². The Morgan fingerprint density at radius 1 is 1.16 bits per heavy atom. The van der Waals surface area contributed by atoms with E-state index >= 15 is 0 Å². The second-order valence-electron chi connectivity index (χ2n) is 7.93. The molecule has 1 aliphatic heterocycles. The number of benzene rings is 1. The average Bonchev–Trinajstić information content (AvgIpc) is 3.47. The van der Waals surface area contributed by atoms with Crippen molar-refractivity contribution >= 4 is 23.2 Å². The Hall–Kier alpha value is -3.04. The summed E-state index contributed by atoms with van der Waals surface area (Å²) >= 11 is 1.54. The molecule has 1 fully saturated rings. The molecule has 0 saturated carbocycles. The van der Waals surface area contributed by atoms with Crippen LogP contribution in [0.15, 0.2) is 46.3 Å². The van der Waals surface area contributed by atoms with E-state index in [0.29, 0.717) is 43.3 Å². The molecule has 32 heavy (non-hydrogen) atoms. The van der Waals surface area contributed by atoms with Crippen LogP contribution in [-0.4, -0.2) is 52.2 Å². The lowest BCUT2D eigenvalue weighted by atomic mass is 10.1. The van der Waals surface area contributed by atoms with Gasteiger partial charge in [0, 0.05) is 38.0 Å². The number of aromatic nitrogens is 2. The molecule has 2 unspecified atom stereocenters. The van der Waals surface area contributed by atoms with Gasteiger partial charge in [0.25, 0.3) is 5.91 Å². The number of ether oxygens (including phenoxy) is 1. The third-order valence-corrected chi connectivity index (χ3v) is 6.04. The van der Waals surface area contributed by atoms with Gasteiger partial charge in [0.15, 0.2) is 0 Å². The smallest absolute Gasteiger partial charge is 0.254 e. The van der Waals surface area contributed by atoms with Crippen LogP contribution in [0, 0.1) is 0 Å². The van der Waals surface area contributed by atoms with Gasteiger partial charge in [0.05, 0.1) is 17.1 Å². The van der Waals surface area contributed by atoms with Crippen molar-refractivity contribution in [2.75, 3.05) is 13.1 Å². The number of nitrogens with one attached hydrogen (secondary N) is 1. The molecule has 0 aliphatic carbocycles. The Morgan fingerprint density at radius 3 is 2.59 bits per heavy atom. The van der Waals surface area contributed by atoms with E-state index in [-0.39, 0.29) is 30.4 Å². The number of carbonyl (C=O) groups is 2. The molecule has 168 valence electrons. The number of rotatable bonds is 7. The highest BCUT2D eigenvalue weighted by Crippen LogP contribution is 2.21. The molecule has 3 heterocycles.